The van der Waals surface area contributed by atoms with E-state index in [1.165, 1.54) is 0 Å². The van der Waals surface area contributed by atoms with Crippen LogP contribution in [-0.2, 0) is 4.79 Å². The second kappa shape index (κ2) is 6.55. The largest absolute Gasteiger partial charge is 0.492 e. The Labute approximate surface area is 126 Å². The van der Waals surface area contributed by atoms with Gasteiger partial charge in [0.1, 0.15) is 11.5 Å². The molecule has 21 heavy (non-hydrogen) atoms. The fourth-order valence-corrected chi connectivity index (χ4v) is 1.74. The molecular formula is C13H16ClN3O4. The average Bonchev–Trinajstić information content (AvgIpc) is 3.23. The van der Waals surface area contributed by atoms with E-state index in [-0.39, 0.29) is 5.88 Å². The topological polar surface area (TPSA) is 120 Å². The highest BCUT2D eigenvalue weighted by molar-refractivity contribution is 6.32. The number of carboxylic acids is 1. The summed E-state index contributed by atoms with van der Waals surface area (Å²) in [6, 6.07) is 4.69. The predicted octanol–water partition coefficient (Wildman–Crippen LogP) is 1.18. The molecule has 6 N–H and O–H groups in total. The van der Waals surface area contributed by atoms with E-state index in [9.17, 15) is 4.79 Å². The van der Waals surface area contributed by atoms with Crippen molar-refractivity contribution in [3.63, 3.8) is 0 Å². The minimum atomic E-state index is -1.32. The molecule has 1 aromatic rings. The Kier molecular flexibility index (Phi) is 4.77. The van der Waals surface area contributed by atoms with Crippen LogP contribution in [0.4, 0.5) is 0 Å². The molecule has 2 rings (SSSR count). The summed E-state index contributed by atoms with van der Waals surface area (Å²) >= 11 is 6.03. The molecular weight excluding hydrogens is 298 g/mol. The van der Waals surface area contributed by atoms with Gasteiger partial charge in [-0.3, -0.25) is 5.84 Å². The zero-order valence-corrected chi connectivity index (χ0v) is 11.9. The molecule has 0 spiro atoms. The van der Waals surface area contributed by atoms with Crippen LogP contribution in [0.2, 0.25) is 5.02 Å². The number of rotatable bonds is 7. The molecule has 1 aromatic carbocycles. The van der Waals surface area contributed by atoms with Crippen molar-refractivity contribution in [3.8, 4) is 11.5 Å². The first-order chi connectivity index (χ1) is 10.0. The molecule has 0 saturated heterocycles. The van der Waals surface area contributed by atoms with Crippen molar-refractivity contribution in [2.24, 2.45) is 17.5 Å². The maximum atomic E-state index is 10.9. The third kappa shape index (κ3) is 4.17. The molecule has 0 bridgehead atoms. The Bertz CT molecular complexity index is 573. The summed E-state index contributed by atoms with van der Waals surface area (Å²) in [6.07, 6.45) is 2.32. The van der Waals surface area contributed by atoms with Gasteiger partial charge in [-0.1, -0.05) is 11.6 Å². The monoisotopic (exact) mass is 313 g/mol. The van der Waals surface area contributed by atoms with Gasteiger partial charge < -0.3 is 25.7 Å². The molecule has 0 unspecified atom stereocenters. The molecule has 7 nitrogen and oxygen atoms in total. The highest BCUT2D eigenvalue weighted by Gasteiger charge is 2.22. The first kappa shape index (κ1) is 15.3. The van der Waals surface area contributed by atoms with Crippen molar-refractivity contribution in [2.45, 2.75) is 12.8 Å². The van der Waals surface area contributed by atoms with E-state index < -0.39 is 11.7 Å². The summed E-state index contributed by atoms with van der Waals surface area (Å²) in [5, 5.41) is 9.31. The second-order valence-corrected chi connectivity index (χ2v) is 5.04. The van der Waals surface area contributed by atoms with E-state index in [4.69, 9.17) is 37.8 Å². The molecule has 114 valence electrons. The Morgan fingerprint density at radius 3 is 2.76 bits per heavy atom. The van der Waals surface area contributed by atoms with Gasteiger partial charge in [-0.15, -0.1) is 0 Å². The van der Waals surface area contributed by atoms with Gasteiger partial charge in [0.25, 0.3) is 0 Å². The number of ether oxygens (including phenoxy) is 2. The lowest BCUT2D eigenvalue weighted by atomic mass is 10.3. The Morgan fingerprint density at radius 2 is 2.19 bits per heavy atom. The maximum Gasteiger partial charge on any atom is 0.358 e. The van der Waals surface area contributed by atoms with Crippen LogP contribution in [0.1, 0.15) is 12.8 Å². The number of nitrogens with one attached hydrogen (secondary N) is 1. The third-order valence-electron chi connectivity index (χ3n) is 2.91. The standard InChI is InChI=1S/C13H16ClN3O4/c14-9-4-3-8(5-10(9)20-6-7-1-2-7)21-12(15)11(17-16)13(18)19/h3-5,7,17H,1-2,6,15-16H2,(H,18,19)/b12-11+. The zero-order chi connectivity index (χ0) is 15.4. The van der Waals surface area contributed by atoms with Gasteiger partial charge in [0.05, 0.1) is 11.6 Å². The summed E-state index contributed by atoms with van der Waals surface area (Å²) in [5.41, 5.74) is 7.07. The number of halogens is 1. The van der Waals surface area contributed by atoms with Gasteiger partial charge >= 0.3 is 5.97 Å². The van der Waals surface area contributed by atoms with Crippen LogP contribution < -0.4 is 26.5 Å². The fraction of sp³-hybridized carbons (Fsp3) is 0.308. The van der Waals surface area contributed by atoms with Gasteiger partial charge in [0.15, 0.2) is 5.70 Å². The smallest absolute Gasteiger partial charge is 0.358 e. The number of nitrogens with two attached hydrogens (primary N) is 2. The minimum Gasteiger partial charge on any atom is -0.492 e. The molecule has 1 aliphatic rings. The fourth-order valence-electron chi connectivity index (χ4n) is 1.57. The second-order valence-electron chi connectivity index (χ2n) is 4.64. The van der Waals surface area contributed by atoms with Crippen molar-refractivity contribution >= 4 is 17.6 Å². The van der Waals surface area contributed by atoms with Gasteiger partial charge in [-0.05, 0) is 30.9 Å². The third-order valence-corrected chi connectivity index (χ3v) is 3.22. The summed E-state index contributed by atoms with van der Waals surface area (Å²) in [5.74, 6) is 4.74. The van der Waals surface area contributed by atoms with Gasteiger partial charge in [0, 0.05) is 6.07 Å². The molecule has 1 fully saturated rings. The van der Waals surface area contributed by atoms with Gasteiger partial charge in [0.2, 0.25) is 5.88 Å². The molecule has 0 radical (unpaired) electrons. The van der Waals surface area contributed by atoms with E-state index in [2.05, 4.69) is 0 Å². The van der Waals surface area contributed by atoms with E-state index in [1.54, 1.807) is 18.2 Å². The van der Waals surface area contributed by atoms with Crippen LogP contribution in [0.15, 0.2) is 29.8 Å². The predicted molar refractivity (Wildman–Crippen MR) is 76.5 cm³/mol. The van der Waals surface area contributed by atoms with Crippen molar-refractivity contribution in [1.29, 1.82) is 0 Å². The Morgan fingerprint density at radius 1 is 1.48 bits per heavy atom. The number of hydrogen-bond acceptors (Lipinski definition) is 6. The molecule has 0 aromatic heterocycles. The lowest BCUT2D eigenvalue weighted by Crippen LogP contribution is -2.31. The number of aliphatic carboxylic acids is 1. The van der Waals surface area contributed by atoms with Crippen LogP contribution >= 0.6 is 11.6 Å². The van der Waals surface area contributed by atoms with Crippen LogP contribution in [0.25, 0.3) is 0 Å². The van der Waals surface area contributed by atoms with Crippen LogP contribution in [0.5, 0.6) is 11.5 Å². The molecule has 1 saturated carbocycles. The molecule has 0 heterocycles. The summed E-state index contributed by atoms with van der Waals surface area (Å²) in [7, 11) is 0. The highest BCUT2D eigenvalue weighted by Crippen LogP contribution is 2.33. The number of carbonyl (C=O) groups is 1. The highest BCUT2D eigenvalue weighted by atomic mass is 35.5. The van der Waals surface area contributed by atoms with Crippen LogP contribution in [0, 0.1) is 5.92 Å². The van der Waals surface area contributed by atoms with E-state index in [0.717, 1.165) is 12.8 Å². The number of carboxylic acid groups (broad SMARTS) is 1. The van der Waals surface area contributed by atoms with Crippen molar-refractivity contribution in [1.82, 2.24) is 5.43 Å². The van der Waals surface area contributed by atoms with Gasteiger partial charge in [-0.25, -0.2) is 4.79 Å². The number of hydrogen-bond donors (Lipinski definition) is 4. The van der Waals surface area contributed by atoms with Crippen molar-refractivity contribution < 1.29 is 19.4 Å². The van der Waals surface area contributed by atoms with Crippen LogP contribution in [0.3, 0.4) is 0 Å². The van der Waals surface area contributed by atoms with Crippen LogP contribution in [-0.4, -0.2) is 17.7 Å². The van der Waals surface area contributed by atoms with E-state index in [0.29, 0.717) is 29.0 Å². The SMILES string of the molecule is NN/C(C(=O)O)=C(\N)Oc1ccc(Cl)c(OCC2CC2)c1. The summed E-state index contributed by atoms with van der Waals surface area (Å²) in [6.45, 7) is 0.596. The Hall–Kier alpha value is -2.12. The van der Waals surface area contributed by atoms with Crippen molar-refractivity contribution in [3.05, 3.63) is 34.8 Å². The lowest BCUT2D eigenvalue weighted by molar-refractivity contribution is -0.133. The quantitative estimate of drug-likeness (QED) is 0.258. The van der Waals surface area contributed by atoms with E-state index in [1.807, 2.05) is 5.43 Å². The van der Waals surface area contributed by atoms with E-state index >= 15 is 0 Å². The average molecular weight is 314 g/mol. The normalized spacial score (nSPS) is 15.1. The summed E-state index contributed by atoms with van der Waals surface area (Å²) < 4.78 is 10.8. The lowest BCUT2D eigenvalue weighted by Gasteiger charge is -2.12. The summed E-state index contributed by atoms with van der Waals surface area (Å²) in [4.78, 5) is 10.9. The maximum absolute atomic E-state index is 10.9. The molecule has 8 heteroatoms. The first-order valence-electron chi connectivity index (χ1n) is 6.31. The number of benzene rings is 1. The zero-order valence-electron chi connectivity index (χ0n) is 11.1. The molecule has 0 aliphatic heterocycles. The van der Waals surface area contributed by atoms with Gasteiger partial charge in [-0.2, -0.15) is 0 Å². The molecule has 1 aliphatic carbocycles. The minimum absolute atomic E-state index is 0.302. The van der Waals surface area contributed by atoms with Crippen molar-refractivity contribution in [2.75, 3.05) is 6.61 Å². The number of hydrazine groups is 1. The first-order valence-corrected chi connectivity index (χ1v) is 6.69. The molecule has 0 amide bonds. The Balaban J connectivity index is 2.12. The molecule has 0 atom stereocenters.